The van der Waals surface area contributed by atoms with Gasteiger partial charge in [0, 0.05) is 10.9 Å². The minimum Gasteiger partial charge on any atom is -0.452 e. The molecule has 0 fully saturated rings. The maximum Gasteiger partial charge on any atom is 0.345 e. The van der Waals surface area contributed by atoms with Crippen LogP contribution in [-0.4, -0.2) is 23.4 Å². The standard InChI is InChI=1S/C20H16N2O5S/c23-18(13-27-20(24)15-9-4-5-10-16(15)22(25)26)21-19(17-11-6-12-28-17)14-7-2-1-3-8-14/h1-12,19H,13H2,(H,21,23)/t19-/m1/s1. The van der Waals surface area contributed by atoms with Gasteiger partial charge in [0.25, 0.3) is 11.6 Å². The van der Waals surface area contributed by atoms with Gasteiger partial charge in [-0.25, -0.2) is 4.79 Å². The van der Waals surface area contributed by atoms with Crippen molar-refractivity contribution in [1.29, 1.82) is 0 Å². The number of thiophene rings is 1. The molecular weight excluding hydrogens is 380 g/mol. The van der Waals surface area contributed by atoms with Crippen LogP contribution in [0.5, 0.6) is 0 Å². The Labute approximate surface area is 164 Å². The molecule has 0 saturated carbocycles. The van der Waals surface area contributed by atoms with Gasteiger partial charge in [0.2, 0.25) is 0 Å². The van der Waals surface area contributed by atoms with Gasteiger partial charge in [-0.1, -0.05) is 48.5 Å². The summed E-state index contributed by atoms with van der Waals surface area (Å²) in [5.41, 5.74) is 0.329. The normalized spacial score (nSPS) is 11.4. The van der Waals surface area contributed by atoms with Crippen molar-refractivity contribution in [3.63, 3.8) is 0 Å². The quantitative estimate of drug-likeness (QED) is 0.373. The van der Waals surface area contributed by atoms with Crippen LogP contribution in [0.25, 0.3) is 0 Å². The molecule has 1 aromatic heterocycles. The first-order valence-corrected chi connectivity index (χ1v) is 9.22. The Balaban J connectivity index is 1.67. The van der Waals surface area contributed by atoms with Gasteiger partial charge in [-0.05, 0) is 23.1 Å². The molecule has 1 heterocycles. The smallest absolute Gasteiger partial charge is 0.345 e. The molecule has 3 rings (SSSR count). The molecule has 0 aliphatic heterocycles. The van der Waals surface area contributed by atoms with Crippen LogP contribution in [0.15, 0.2) is 72.1 Å². The van der Waals surface area contributed by atoms with Gasteiger partial charge in [-0.2, -0.15) is 0 Å². The fourth-order valence-electron chi connectivity index (χ4n) is 2.64. The first-order chi connectivity index (χ1) is 13.6. The van der Waals surface area contributed by atoms with E-state index in [1.807, 2.05) is 47.8 Å². The van der Waals surface area contributed by atoms with Gasteiger partial charge < -0.3 is 10.1 Å². The van der Waals surface area contributed by atoms with Crippen LogP contribution in [0.3, 0.4) is 0 Å². The number of carbonyl (C=O) groups is 2. The molecule has 0 aliphatic rings. The fraction of sp³-hybridized carbons (Fsp3) is 0.100. The molecule has 1 atom stereocenters. The Hall–Kier alpha value is -3.52. The molecule has 1 amide bonds. The molecule has 142 valence electrons. The number of esters is 1. The summed E-state index contributed by atoms with van der Waals surface area (Å²) in [6.07, 6.45) is 0. The number of para-hydroxylation sites is 1. The zero-order chi connectivity index (χ0) is 19.9. The summed E-state index contributed by atoms with van der Waals surface area (Å²) in [5, 5.41) is 15.8. The van der Waals surface area contributed by atoms with Gasteiger partial charge >= 0.3 is 5.97 Å². The van der Waals surface area contributed by atoms with Crippen molar-refractivity contribution in [2.45, 2.75) is 6.04 Å². The minimum atomic E-state index is -0.921. The zero-order valence-electron chi connectivity index (χ0n) is 14.6. The molecule has 3 aromatic rings. The highest BCUT2D eigenvalue weighted by atomic mass is 32.1. The third-order valence-corrected chi connectivity index (χ3v) is 4.86. The molecule has 1 N–H and O–H groups in total. The minimum absolute atomic E-state index is 0.196. The highest BCUT2D eigenvalue weighted by Crippen LogP contribution is 2.26. The lowest BCUT2D eigenvalue weighted by Gasteiger charge is -2.18. The largest absolute Gasteiger partial charge is 0.452 e. The SMILES string of the molecule is O=C(COC(=O)c1ccccc1[N+](=O)[O-])N[C@H](c1ccccc1)c1cccs1. The second kappa shape index (κ2) is 8.92. The Kier molecular flexibility index (Phi) is 6.13. The number of carbonyl (C=O) groups excluding carboxylic acids is 2. The van der Waals surface area contributed by atoms with E-state index >= 15 is 0 Å². The first kappa shape index (κ1) is 19.2. The van der Waals surface area contributed by atoms with Crippen LogP contribution in [0.1, 0.15) is 26.8 Å². The van der Waals surface area contributed by atoms with E-state index in [1.165, 1.54) is 35.6 Å². The van der Waals surface area contributed by atoms with E-state index in [0.717, 1.165) is 10.4 Å². The highest BCUT2D eigenvalue weighted by Gasteiger charge is 2.22. The summed E-state index contributed by atoms with van der Waals surface area (Å²) in [5.74, 6) is -1.43. The zero-order valence-corrected chi connectivity index (χ0v) is 15.4. The van der Waals surface area contributed by atoms with Gasteiger partial charge in [0.15, 0.2) is 6.61 Å². The number of ether oxygens (including phenoxy) is 1. The molecule has 28 heavy (non-hydrogen) atoms. The molecular formula is C20H16N2O5S. The van der Waals surface area contributed by atoms with E-state index in [4.69, 9.17) is 4.74 Å². The lowest BCUT2D eigenvalue weighted by atomic mass is 10.1. The molecule has 8 heteroatoms. The van der Waals surface area contributed by atoms with E-state index in [0.29, 0.717) is 0 Å². The number of hydrogen-bond donors (Lipinski definition) is 1. The van der Waals surface area contributed by atoms with Crippen molar-refractivity contribution in [2.24, 2.45) is 0 Å². The van der Waals surface area contributed by atoms with Gasteiger partial charge in [-0.3, -0.25) is 14.9 Å². The maximum atomic E-state index is 12.4. The van der Waals surface area contributed by atoms with Crippen LogP contribution in [0.2, 0.25) is 0 Å². The van der Waals surface area contributed by atoms with E-state index in [2.05, 4.69) is 5.32 Å². The maximum absolute atomic E-state index is 12.4. The van der Waals surface area contributed by atoms with Gasteiger partial charge in [0.05, 0.1) is 11.0 Å². The van der Waals surface area contributed by atoms with Crippen LogP contribution < -0.4 is 5.32 Å². The number of hydrogen-bond acceptors (Lipinski definition) is 6. The lowest BCUT2D eigenvalue weighted by Crippen LogP contribution is -2.32. The topological polar surface area (TPSA) is 98.5 Å². The van der Waals surface area contributed by atoms with E-state index in [1.54, 1.807) is 0 Å². The fourth-order valence-corrected chi connectivity index (χ4v) is 3.44. The Morgan fingerprint density at radius 3 is 2.43 bits per heavy atom. The van der Waals surface area contributed by atoms with Crippen molar-refractivity contribution in [2.75, 3.05) is 6.61 Å². The third-order valence-electron chi connectivity index (χ3n) is 3.92. The molecule has 2 aromatic carbocycles. The second-order valence-electron chi connectivity index (χ2n) is 5.78. The van der Waals surface area contributed by atoms with Crippen molar-refractivity contribution in [3.8, 4) is 0 Å². The molecule has 0 bridgehead atoms. The molecule has 7 nitrogen and oxygen atoms in total. The number of nitro benzene ring substituents is 1. The highest BCUT2D eigenvalue weighted by molar-refractivity contribution is 7.10. The number of amides is 1. The van der Waals surface area contributed by atoms with E-state index in [9.17, 15) is 19.7 Å². The van der Waals surface area contributed by atoms with Crippen LogP contribution >= 0.6 is 11.3 Å². The average Bonchev–Trinajstić information content (AvgIpc) is 3.25. The summed E-state index contributed by atoms with van der Waals surface area (Å²) < 4.78 is 4.98. The van der Waals surface area contributed by atoms with Crippen molar-refractivity contribution in [3.05, 3.63) is 98.2 Å². The molecule has 0 aliphatic carbocycles. The van der Waals surface area contributed by atoms with Gasteiger partial charge in [0.1, 0.15) is 5.56 Å². The Morgan fingerprint density at radius 2 is 1.75 bits per heavy atom. The monoisotopic (exact) mass is 396 g/mol. The van der Waals surface area contributed by atoms with E-state index < -0.39 is 23.4 Å². The third kappa shape index (κ3) is 4.60. The summed E-state index contributed by atoms with van der Waals surface area (Å²) >= 11 is 1.50. The molecule has 0 spiro atoms. The number of benzene rings is 2. The summed E-state index contributed by atoms with van der Waals surface area (Å²) in [6.45, 7) is -0.542. The van der Waals surface area contributed by atoms with Crippen molar-refractivity contribution < 1.29 is 19.2 Å². The van der Waals surface area contributed by atoms with Crippen molar-refractivity contribution in [1.82, 2.24) is 5.32 Å². The van der Waals surface area contributed by atoms with E-state index in [-0.39, 0.29) is 17.3 Å². The number of nitrogens with one attached hydrogen (secondary N) is 1. The lowest BCUT2D eigenvalue weighted by molar-refractivity contribution is -0.385. The summed E-state index contributed by atoms with van der Waals surface area (Å²) in [7, 11) is 0. The number of rotatable bonds is 7. The summed E-state index contributed by atoms with van der Waals surface area (Å²) in [6, 6.07) is 18.3. The van der Waals surface area contributed by atoms with Crippen LogP contribution in [-0.2, 0) is 9.53 Å². The molecule has 0 saturated heterocycles. The average molecular weight is 396 g/mol. The predicted molar refractivity (Wildman–Crippen MR) is 104 cm³/mol. The second-order valence-corrected chi connectivity index (χ2v) is 6.76. The van der Waals surface area contributed by atoms with Crippen LogP contribution in [0.4, 0.5) is 5.69 Å². The predicted octanol–water partition coefficient (Wildman–Crippen LogP) is 3.72. The van der Waals surface area contributed by atoms with Gasteiger partial charge in [-0.15, -0.1) is 11.3 Å². The van der Waals surface area contributed by atoms with Crippen molar-refractivity contribution >= 4 is 28.9 Å². The summed E-state index contributed by atoms with van der Waals surface area (Å²) in [4.78, 5) is 35.8. The number of nitrogens with zero attached hydrogens (tertiary/aromatic N) is 1. The number of nitro groups is 1. The Morgan fingerprint density at radius 1 is 1.04 bits per heavy atom. The van der Waals surface area contributed by atoms with Crippen LogP contribution in [0, 0.1) is 10.1 Å². The Bertz CT molecular complexity index is 973. The molecule has 0 radical (unpaired) electrons. The molecule has 0 unspecified atom stereocenters. The first-order valence-electron chi connectivity index (χ1n) is 8.34.